The smallest absolute Gasteiger partial charge is 0.122 e. The number of rotatable bonds is 7. The molecule has 1 fully saturated rings. The van der Waals surface area contributed by atoms with Gasteiger partial charge in [-0.1, -0.05) is 25.8 Å². The van der Waals surface area contributed by atoms with Crippen molar-refractivity contribution in [2.75, 3.05) is 13.7 Å². The minimum absolute atomic E-state index is 0.404. The Kier molecular flexibility index (Phi) is 6.24. The first-order chi connectivity index (χ1) is 9.74. The highest BCUT2D eigenvalue weighted by molar-refractivity contribution is 7.99. The van der Waals surface area contributed by atoms with Crippen LogP contribution in [-0.2, 0) is 5.75 Å². The Morgan fingerprint density at radius 2 is 2.10 bits per heavy atom. The van der Waals surface area contributed by atoms with Crippen molar-refractivity contribution < 1.29 is 4.74 Å². The molecule has 0 spiro atoms. The normalized spacial score (nSPS) is 17.4. The molecule has 0 bridgehead atoms. The van der Waals surface area contributed by atoms with E-state index >= 15 is 0 Å². The summed E-state index contributed by atoms with van der Waals surface area (Å²) in [5.74, 6) is 2.10. The van der Waals surface area contributed by atoms with Gasteiger partial charge in [0.05, 0.1) is 7.11 Å². The van der Waals surface area contributed by atoms with Gasteiger partial charge in [-0.15, -0.1) is 0 Å². The number of thioether (sulfide) groups is 1. The second kappa shape index (κ2) is 7.94. The average Bonchev–Trinajstić information content (AvgIpc) is 2.98. The minimum Gasteiger partial charge on any atom is -0.496 e. The molecule has 2 rings (SSSR count). The first-order valence-electron chi connectivity index (χ1n) is 7.76. The van der Waals surface area contributed by atoms with E-state index in [-0.39, 0.29) is 0 Å². The van der Waals surface area contributed by atoms with E-state index in [2.05, 4.69) is 49.1 Å². The molecule has 1 aromatic carbocycles. The SMILES string of the molecule is CCNC(C)c1ccc(OC)c(CSC2CCCC2)c1. The van der Waals surface area contributed by atoms with E-state index in [4.69, 9.17) is 4.74 Å². The molecule has 20 heavy (non-hydrogen) atoms. The molecular weight excluding hydrogens is 266 g/mol. The van der Waals surface area contributed by atoms with Crippen molar-refractivity contribution in [2.24, 2.45) is 0 Å². The van der Waals surface area contributed by atoms with Gasteiger partial charge in [-0.05, 0) is 44.0 Å². The van der Waals surface area contributed by atoms with Crippen molar-refractivity contribution in [3.8, 4) is 5.75 Å². The Morgan fingerprint density at radius 3 is 2.75 bits per heavy atom. The minimum atomic E-state index is 0.404. The number of nitrogens with one attached hydrogen (secondary N) is 1. The van der Waals surface area contributed by atoms with Crippen LogP contribution >= 0.6 is 11.8 Å². The van der Waals surface area contributed by atoms with Gasteiger partial charge in [0.15, 0.2) is 0 Å². The summed E-state index contributed by atoms with van der Waals surface area (Å²) in [5.41, 5.74) is 2.70. The van der Waals surface area contributed by atoms with Crippen LogP contribution < -0.4 is 10.1 Å². The summed E-state index contributed by atoms with van der Waals surface area (Å²) in [4.78, 5) is 0. The zero-order chi connectivity index (χ0) is 14.4. The van der Waals surface area contributed by atoms with Gasteiger partial charge in [0.2, 0.25) is 0 Å². The van der Waals surface area contributed by atoms with Gasteiger partial charge in [-0.2, -0.15) is 11.8 Å². The zero-order valence-corrected chi connectivity index (χ0v) is 13.8. The maximum absolute atomic E-state index is 5.52. The molecule has 2 nitrogen and oxygen atoms in total. The Hall–Kier alpha value is -0.670. The van der Waals surface area contributed by atoms with Crippen LogP contribution in [0.1, 0.15) is 56.7 Å². The van der Waals surface area contributed by atoms with E-state index in [1.54, 1.807) is 7.11 Å². The number of hydrogen-bond donors (Lipinski definition) is 1. The molecule has 1 atom stereocenters. The summed E-state index contributed by atoms with van der Waals surface area (Å²) >= 11 is 2.10. The second-order valence-electron chi connectivity index (χ2n) is 5.57. The van der Waals surface area contributed by atoms with Crippen LogP contribution in [0.2, 0.25) is 0 Å². The van der Waals surface area contributed by atoms with E-state index in [9.17, 15) is 0 Å². The van der Waals surface area contributed by atoms with Gasteiger partial charge in [-0.25, -0.2) is 0 Å². The number of hydrogen-bond acceptors (Lipinski definition) is 3. The molecule has 0 amide bonds. The third-order valence-electron chi connectivity index (χ3n) is 4.09. The van der Waals surface area contributed by atoms with Crippen LogP contribution in [0.5, 0.6) is 5.75 Å². The molecule has 0 radical (unpaired) electrons. The van der Waals surface area contributed by atoms with Crippen molar-refractivity contribution >= 4 is 11.8 Å². The van der Waals surface area contributed by atoms with Crippen LogP contribution in [0.15, 0.2) is 18.2 Å². The highest BCUT2D eigenvalue weighted by atomic mass is 32.2. The van der Waals surface area contributed by atoms with E-state index in [0.29, 0.717) is 6.04 Å². The van der Waals surface area contributed by atoms with Crippen LogP contribution in [0.3, 0.4) is 0 Å². The second-order valence-corrected chi connectivity index (χ2v) is 6.86. The molecule has 1 aliphatic carbocycles. The first kappa shape index (κ1) is 15.7. The molecule has 0 aliphatic heterocycles. The van der Waals surface area contributed by atoms with Crippen LogP contribution in [0, 0.1) is 0 Å². The van der Waals surface area contributed by atoms with E-state index in [1.807, 2.05) is 0 Å². The summed E-state index contributed by atoms with van der Waals surface area (Å²) in [6.45, 7) is 5.37. The van der Waals surface area contributed by atoms with Gasteiger partial charge >= 0.3 is 0 Å². The molecule has 1 unspecified atom stereocenters. The third kappa shape index (κ3) is 4.16. The fraction of sp³-hybridized carbons (Fsp3) is 0.647. The molecule has 0 heterocycles. The summed E-state index contributed by atoms with van der Waals surface area (Å²) < 4.78 is 5.52. The summed E-state index contributed by atoms with van der Waals surface area (Å²) in [6.07, 6.45) is 5.60. The molecule has 1 aliphatic rings. The Morgan fingerprint density at radius 1 is 1.35 bits per heavy atom. The predicted octanol–water partition coefficient (Wildman–Crippen LogP) is 4.54. The average molecular weight is 293 g/mol. The Balaban J connectivity index is 2.05. The molecule has 0 saturated heterocycles. The largest absolute Gasteiger partial charge is 0.496 e. The molecule has 3 heteroatoms. The highest BCUT2D eigenvalue weighted by Gasteiger charge is 2.16. The first-order valence-corrected chi connectivity index (χ1v) is 8.81. The fourth-order valence-electron chi connectivity index (χ4n) is 2.87. The fourth-order valence-corrected chi connectivity index (χ4v) is 4.17. The lowest BCUT2D eigenvalue weighted by Gasteiger charge is -2.17. The van der Waals surface area contributed by atoms with Crippen molar-refractivity contribution in [3.63, 3.8) is 0 Å². The number of ether oxygens (including phenoxy) is 1. The van der Waals surface area contributed by atoms with Gasteiger partial charge in [0.25, 0.3) is 0 Å². The quantitative estimate of drug-likeness (QED) is 0.797. The van der Waals surface area contributed by atoms with Crippen LogP contribution in [-0.4, -0.2) is 18.9 Å². The van der Waals surface area contributed by atoms with Crippen LogP contribution in [0.25, 0.3) is 0 Å². The van der Waals surface area contributed by atoms with Gasteiger partial charge in [0.1, 0.15) is 5.75 Å². The molecule has 1 N–H and O–H groups in total. The van der Waals surface area contributed by atoms with Gasteiger partial charge in [-0.3, -0.25) is 0 Å². The van der Waals surface area contributed by atoms with Crippen molar-refractivity contribution in [1.82, 2.24) is 5.32 Å². The van der Waals surface area contributed by atoms with Crippen molar-refractivity contribution in [3.05, 3.63) is 29.3 Å². The Labute approximate surface area is 127 Å². The maximum atomic E-state index is 5.52. The lowest BCUT2D eigenvalue weighted by Crippen LogP contribution is -2.17. The summed E-state index contributed by atoms with van der Waals surface area (Å²) in [5, 5.41) is 4.33. The van der Waals surface area contributed by atoms with E-state index in [1.165, 1.54) is 36.8 Å². The Bertz CT molecular complexity index is 415. The van der Waals surface area contributed by atoms with Crippen LogP contribution in [0.4, 0.5) is 0 Å². The summed E-state index contributed by atoms with van der Waals surface area (Å²) in [7, 11) is 1.77. The molecule has 1 aromatic rings. The van der Waals surface area contributed by atoms with Gasteiger partial charge < -0.3 is 10.1 Å². The highest BCUT2D eigenvalue weighted by Crippen LogP contribution is 2.34. The zero-order valence-electron chi connectivity index (χ0n) is 12.9. The monoisotopic (exact) mass is 293 g/mol. The lowest BCUT2D eigenvalue weighted by atomic mass is 10.0. The van der Waals surface area contributed by atoms with Crippen molar-refractivity contribution in [1.29, 1.82) is 0 Å². The van der Waals surface area contributed by atoms with Crippen molar-refractivity contribution in [2.45, 2.75) is 56.6 Å². The molecule has 112 valence electrons. The number of benzene rings is 1. The number of methoxy groups -OCH3 is 1. The molecule has 0 aromatic heterocycles. The maximum Gasteiger partial charge on any atom is 0.122 e. The van der Waals surface area contributed by atoms with Gasteiger partial charge in [0, 0.05) is 22.6 Å². The third-order valence-corrected chi connectivity index (χ3v) is 5.51. The summed E-state index contributed by atoms with van der Waals surface area (Å²) in [6, 6.07) is 7.01. The van der Waals surface area contributed by atoms with E-state index < -0.39 is 0 Å². The van der Waals surface area contributed by atoms with E-state index in [0.717, 1.165) is 23.3 Å². The molecule has 1 saturated carbocycles. The predicted molar refractivity (Wildman–Crippen MR) is 88.6 cm³/mol. The topological polar surface area (TPSA) is 21.3 Å². The molecular formula is C17H27NOS. The standard InChI is InChI=1S/C17H27NOS/c1-4-18-13(2)14-9-10-17(19-3)15(11-14)12-20-16-7-5-6-8-16/h9-11,13,16,18H,4-8,12H2,1-3H3. The lowest BCUT2D eigenvalue weighted by molar-refractivity contribution is 0.411.